The number of hydrogen-bond donors (Lipinski definition) is 2. The minimum absolute atomic E-state index is 0. The third kappa shape index (κ3) is 12.0. The van der Waals surface area contributed by atoms with Crippen molar-refractivity contribution in [3.05, 3.63) is 29.8 Å². The van der Waals surface area contributed by atoms with Gasteiger partial charge in [-0.3, -0.25) is 4.79 Å². The van der Waals surface area contributed by atoms with Crippen LogP contribution in [0.15, 0.2) is 29.3 Å². The minimum Gasteiger partial charge on any atom is -0.497 e. The lowest BCUT2D eigenvalue weighted by Gasteiger charge is -2.15. The lowest BCUT2D eigenvalue weighted by molar-refractivity contribution is -0.127. The highest BCUT2D eigenvalue weighted by Crippen LogP contribution is 2.11. The number of amides is 1. The van der Waals surface area contributed by atoms with Crippen molar-refractivity contribution < 1.29 is 14.3 Å². The molecule has 160 valence electrons. The number of benzene rings is 1. The van der Waals surface area contributed by atoms with E-state index < -0.39 is 0 Å². The second-order valence-electron chi connectivity index (χ2n) is 6.88. The normalized spacial score (nSPS) is 11.0. The van der Waals surface area contributed by atoms with Gasteiger partial charge < -0.3 is 25.0 Å². The Kier molecular flexibility index (Phi) is 14.5. The fourth-order valence-electron chi connectivity index (χ4n) is 2.06. The summed E-state index contributed by atoms with van der Waals surface area (Å²) in [5.74, 6) is 2.03. The Balaban J connectivity index is 0.00000729. The van der Waals surface area contributed by atoms with Crippen LogP contribution in [0.3, 0.4) is 0 Å². The van der Waals surface area contributed by atoms with E-state index in [1.54, 1.807) is 26.1 Å². The molecule has 1 aromatic carbocycles. The molecule has 0 aromatic heterocycles. The van der Waals surface area contributed by atoms with E-state index in [0.717, 1.165) is 24.3 Å². The van der Waals surface area contributed by atoms with E-state index in [2.05, 4.69) is 29.5 Å². The molecule has 0 fully saturated rings. The number of carbonyl (C=O) groups is 1. The average molecular weight is 506 g/mol. The zero-order valence-corrected chi connectivity index (χ0v) is 20.0. The topological polar surface area (TPSA) is 75.2 Å². The standard InChI is InChI=1S/C20H34N4O3.HI/c1-16(2)10-12-27-13-11-21-20(23-15-19(25)24(3)4)22-14-17-6-8-18(26-5)9-7-17;/h6-9,16H,10-15H2,1-5H3,(H2,21,22,23);1H. The number of nitrogens with zero attached hydrogens (tertiary/aromatic N) is 2. The highest BCUT2D eigenvalue weighted by atomic mass is 127. The molecule has 0 saturated heterocycles. The maximum atomic E-state index is 11.8. The second-order valence-corrected chi connectivity index (χ2v) is 6.88. The summed E-state index contributed by atoms with van der Waals surface area (Å²) in [5.41, 5.74) is 1.06. The molecule has 0 saturated carbocycles. The molecule has 0 atom stereocenters. The summed E-state index contributed by atoms with van der Waals surface area (Å²) in [4.78, 5) is 17.9. The van der Waals surface area contributed by atoms with Gasteiger partial charge in [-0.25, -0.2) is 4.99 Å². The molecule has 0 spiro atoms. The van der Waals surface area contributed by atoms with Gasteiger partial charge >= 0.3 is 0 Å². The number of likely N-dealkylation sites (N-methyl/N-ethyl adjacent to an activating group) is 1. The number of ether oxygens (including phenoxy) is 2. The van der Waals surface area contributed by atoms with Crippen molar-refractivity contribution in [2.45, 2.75) is 26.8 Å². The molecule has 0 unspecified atom stereocenters. The molecule has 0 radical (unpaired) electrons. The summed E-state index contributed by atoms with van der Waals surface area (Å²) in [7, 11) is 5.10. The van der Waals surface area contributed by atoms with Crippen LogP contribution in [0.25, 0.3) is 0 Å². The van der Waals surface area contributed by atoms with E-state index in [1.165, 1.54) is 0 Å². The van der Waals surface area contributed by atoms with E-state index in [-0.39, 0.29) is 36.4 Å². The van der Waals surface area contributed by atoms with Gasteiger partial charge in [0.2, 0.25) is 5.91 Å². The van der Waals surface area contributed by atoms with E-state index in [1.807, 2.05) is 24.3 Å². The molecule has 8 heteroatoms. The van der Waals surface area contributed by atoms with E-state index in [9.17, 15) is 4.79 Å². The molecule has 2 N–H and O–H groups in total. The molecule has 0 aliphatic rings. The zero-order valence-electron chi connectivity index (χ0n) is 17.7. The number of halogens is 1. The Morgan fingerprint density at radius 3 is 2.39 bits per heavy atom. The van der Waals surface area contributed by atoms with Crippen LogP contribution in [0, 0.1) is 5.92 Å². The Bertz CT molecular complexity index is 577. The number of methoxy groups -OCH3 is 1. The number of guanidine groups is 1. The summed E-state index contributed by atoms with van der Waals surface area (Å²) in [6.07, 6.45) is 1.05. The molecule has 0 heterocycles. The zero-order chi connectivity index (χ0) is 20.1. The third-order valence-electron chi connectivity index (χ3n) is 3.86. The van der Waals surface area contributed by atoms with Crippen molar-refractivity contribution in [1.82, 2.24) is 15.5 Å². The van der Waals surface area contributed by atoms with Gasteiger partial charge in [0, 0.05) is 27.2 Å². The summed E-state index contributed by atoms with van der Waals surface area (Å²) < 4.78 is 10.8. The average Bonchev–Trinajstić information content (AvgIpc) is 2.65. The first-order chi connectivity index (χ1) is 12.9. The lowest BCUT2D eigenvalue weighted by atomic mass is 10.1. The van der Waals surface area contributed by atoms with Gasteiger partial charge in [0.1, 0.15) is 5.75 Å². The highest BCUT2D eigenvalue weighted by molar-refractivity contribution is 14.0. The number of aliphatic imine (C=N–C) groups is 1. The fourth-order valence-corrected chi connectivity index (χ4v) is 2.06. The van der Waals surface area contributed by atoms with Crippen molar-refractivity contribution in [3.8, 4) is 5.75 Å². The van der Waals surface area contributed by atoms with Crippen LogP contribution in [0.4, 0.5) is 0 Å². The monoisotopic (exact) mass is 506 g/mol. The Hall–Kier alpha value is -1.55. The molecule has 0 aliphatic heterocycles. The predicted octanol–water partition coefficient (Wildman–Crippen LogP) is 2.50. The fraction of sp³-hybridized carbons (Fsp3) is 0.600. The smallest absolute Gasteiger partial charge is 0.241 e. The molecule has 1 rings (SSSR count). The van der Waals surface area contributed by atoms with Crippen LogP contribution in [0.5, 0.6) is 5.75 Å². The van der Waals surface area contributed by atoms with Gasteiger partial charge in [-0.15, -0.1) is 24.0 Å². The first-order valence-corrected chi connectivity index (χ1v) is 9.35. The molecule has 28 heavy (non-hydrogen) atoms. The SMILES string of the molecule is COc1ccc(CN=C(NCCOCCC(C)C)NCC(=O)N(C)C)cc1.I. The maximum Gasteiger partial charge on any atom is 0.241 e. The summed E-state index contributed by atoms with van der Waals surface area (Å²) in [6, 6.07) is 7.76. The van der Waals surface area contributed by atoms with Crippen LogP contribution in [0.2, 0.25) is 0 Å². The van der Waals surface area contributed by atoms with E-state index in [0.29, 0.717) is 31.6 Å². The third-order valence-corrected chi connectivity index (χ3v) is 3.86. The van der Waals surface area contributed by atoms with Gasteiger partial charge in [-0.2, -0.15) is 0 Å². The van der Waals surface area contributed by atoms with Crippen LogP contribution < -0.4 is 15.4 Å². The number of carbonyl (C=O) groups excluding carboxylic acids is 1. The summed E-state index contributed by atoms with van der Waals surface area (Å²) in [5, 5.41) is 6.28. The number of rotatable bonds is 11. The van der Waals surface area contributed by atoms with Gasteiger partial charge in [0.25, 0.3) is 0 Å². The van der Waals surface area contributed by atoms with Crippen molar-refractivity contribution in [2.75, 3.05) is 47.5 Å². The quantitative estimate of drug-likeness (QED) is 0.209. The Labute approximate surface area is 186 Å². The van der Waals surface area contributed by atoms with Gasteiger partial charge in [0.05, 0.1) is 26.8 Å². The molecular formula is C20H35IN4O3. The predicted molar refractivity (Wildman–Crippen MR) is 125 cm³/mol. The van der Waals surface area contributed by atoms with Crippen LogP contribution >= 0.6 is 24.0 Å². The minimum atomic E-state index is -0.0119. The van der Waals surface area contributed by atoms with E-state index in [4.69, 9.17) is 9.47 Å². The largest absolute Gasteiger partial charge is 0.497 e. The van der Waals surface area contributed by atoms with Crippen LogP contribution in [-0.4, -0.2) is 64.3 Å². The lowest BCUT2D eigenvalue weighted by Crippen LogP contribution is -2.43. The molecule has 0 bridgehead atoms. The Morgan fingerprint density at radius 1 is 1.14 bits per heavy atom. The van der Waals surface area contributed by atoms with Crippen molar-refractivity contribution in [3.63, 3.8) is 0 Å². The van der Waals surface area contributed by atoms with Gasteiger partial charge in [-0.1, -0.05) is 26.0 Å². The van der Waals surface area contributed by atoms with Crippen LogP contribution in [0.1, 0.15) is 25.8 Å². The summed E-state index contributed by atoms with van der Waals surface area (Å²) >= 11 is 0. The van der Waals surface area contributed by atoms with Crippen molar-refractivity contribution in [1.29, 1.82) is 0 Å². The van der Waals surface area contributed by atoms with Crippen LogP contribution in [-0.2, 0) is 16.1 Å². The number of nitrogens with one attached hydrogen (secondary N) is 2. The molecule has 1 amide bonds. The molecule has 7 nitrogen and oxygen atoms in total. The first kappa shape index (κ1) is 26.4. The molecule has 1 aromatic rings. The van der Waals surface area contributed by atoms with E-state index >= 15 is 0 Å². The molecule has 0 aliphatic carbocycles. The van der Waals surface area contributed by atoms with Gasteiger partial charge in [-0.05, 0) is 30.0 Å². The number of hydrogen-bond acceptors (Lipinski definition) is 4. The highest BCUT2D eigenvalue weighted by Gasteiger charge is 2.06. The second kappa shape index (κ2) is 15.4. The maximum absolute atomic E-state index is 11.8. The molecular weight excluding hydrogens is 471 g/mol. The summed E-state index contributed by atoms with van der Waals surface area (Å²) in [6.45, 7) is 7.03. The first-order valence-electron chi connectivity index (χ1n) is 9.35. The van der Waals surface area contributed by atoms with Crippen molar-refractivity contribution in [2.24, 2.45) is 10.9 Å². The Morgan fingerprint density at radius 2 is 1.82 bits per heavy atom. The van der Waals surface area contributed by atoms with Gasteiger partial charge in [0.15, 0.2) is 5.96 Å². The van der Waals surface area contributed by atoms with Crippen molar-refractivity contribution >= 4 is 35.8 Å².